The SMILES string of the molecule is Cc1nn(C)c(C)c1NC(=O)[C@@H](C)N1CCN(Cc2cccc(Cl)c2)CC1. The van der Waals surface area contributed by atoms with Gasteiger partial charge in [0.2, 0.25) is 5.91 Å². The molecule has 0 aliphatic carbocycles. The van der Waals surface area contributed by atoms with Crippen LogP contribution in [-0.2, 0) is 18.4 Å². The van der Waals surface area contributed by atoms with Gasteiger partial charge in [-0.3, -0.25) is 19.3 Å². The number of halogens is 1. The first-order valence-electron chi connectivity index (χ1n) is 9.37. The van der Waals surface area contributed by atoms with Gasteiger partial charge in [0.1, 0.15) is 0 Å². The Morgan fingerprint density at radius 3 is 2.56 bits per heavy atom. The zero-order valence-electron chi connectivity index (χ0n) is 16.5. The van der Waals surface area contributed by atoms with Gasteiger partial charge in [0.15, 0.2) is 0 Å². The number of nitrogens with one attached hydrogen (secondary N) is 1. The second kappa shape index (κ2) is 8.42. The fraction of sp³-hybridized carbons (Fsp3) is 0.500. The van der Waals surface area contributed by atoms with Crippen molar-refractivity contribution < 1.29 is 4.79 Å². The van der Waals surface area contributed by atoms with E-state index in [4.69, 9.17) is 11.6 Å². The summed E-state index contributed by atoms with van der Waals surface area (Å²) in [5.41, 5.74) is 3.87. The molecule has 2 aromatic rings. The molecule has 1 amide bonds. The molecule has 2 heterocycles. The number of aromatic nitrogens is 2. The van der Waals surface area contributed by atoms with Crippen LogP contribution in [0.1, 0.15) is 23.9 Å². The summed E-state index contributed by atoms with van der Waals surface area (Å²) < 4.78 is 1.80. The van der Waals surface area contributed by atoms with Gasteiger partial charge in [-0.1, -0.05) is 23.7 Å². The van der Waals surface area contributed by atoms with Crippen LogP contribution in [-0.4, -0.2) is 57.7 Å². The van der Waals surface area contributed by atoms with Crippen LogP contribution in [0.15, 0.2) is 24.3 Å². The van der Waals surface area contributed by atoms with E-state index in [0.717, 1.165) is 54.8 Å². The van der Waals surface area contributed by atoms with Crippen molar-refractivity contribution in [1.29, 1.82) is 0 Å². The van der Waals surface area contributed by atoms with Crippen LogP contribution < -0.4 is 5.32 Å². The number of carbonyl (C=O) groups is 1. The molecule has 1 atom stereocenters. The van der Waals surface area contributed by atoms with Crippen molar-refractivity contribution in [3.8, 4) is 0 Å². The first-order chi connectivity index (χ1) is 12.8. The first kappa shape index (κ1) is 19.9. The highest BCUT2D eigenvalue weighted by Gasteiger charge is 2.26. The predicted molar refractivity (Wildman–Crippen MR) is 109 cm³/mol. The first-order valence-corrected chi connectivity index (χ1v) is 9.75. The van der Waals surface area contributed by atoms with Crippen molar-refractivity contribution in [2.45, 2.75) is 33.4 Å². The highest BCUT2D eigenvalue weighted by Crippen LogP contribution is 2.20. The number of piperazine rings is 1. The fourth-order valence-electron chi connectivity index (χ4n) is 3.55. The molecule has 1 aliphatic heterocycles. The lowest BCUT2D eigenvalue weighted by Gasteiger charge is -2.37. The molecular weight excluding hydrogens is 362 g/mol. The molecule has 146 valence electrons. The largest absolute Gasteiger partial charge is 0.322 e. The monoisotopic (exact) mass is 389 g/mol. The molecule has 3 rings (SSSR count). The summed E-state index contributed by atoms with van der Waals surface area (Å²) in [4.78, 5) is 17.4. The molecule has 1 saturated heterocycles. The minimum Gasteiger partial charge on any atom is -0.322 e. The molecule has 1 N–H and O–H groups in total. The Hall–Kier alpha value is -1.89. The van der Waals surface area contributed by atoms with Gasteiger partial charge in [0, 0.05) is 44.8 Å². The molecule has 1 aromatic heterocycles. The summed E-state index contributed by atoms with van der Waals surface area (Å²) in [5.74, 6) is 0.0255. The quantitative estimate of drug-likeness (QED) is 0.854. The van der Waals surface area contributed by atoms with Gasteiger partial charge < -0.3 is 5.32 Å². The summed E-state index contributed by atoms with van der Waals surface area (Å²) in [6.45, 7) is 10.4. The van der Waals surface area contributed by atoms with E-state index in [2.05, 4.69) is 26.3 Å². The van der Waals surface area contributed by atoms with Crippen LogP contribution in [0.4, 0.5) is 5.69 Å². The zero-order valence-corrected chi connectivity index (χ0v) is 17.3. The number of hydrogen-bond donors (Lipinski definition) is 1. The molecule has 1 aromatic carbocycles. The average Bonchev–Trinajstić information content (AvgIpc) is 2.88. The Morgan fingerprint density at radius 2 is 1.96 bits per heavy atom. The van der Waals surface area contributed by atoms with E-state index in [9.17, 15) is 4.79 Å². The lowest BCUT2D eigenvalue weighted by molar-refractivity contribution is -0.121. The number of aryl methyl sites for hydroxylation is 2. The summed E-state index contributed by atoms with van der Waals surface area (Å²) in [7, 11) is 1.89. The molecule has 1 aliphatic rings. The minimum absolute atomic E-state index is 0.0255. The predicted octanol–water partition coefficient (Wildman–Crippen LogP) is 2.84. The lowest BCUT2D eigenvalue weighted by atomic mass is 10.1. The fourth-order valence-corrected chi connectivity index (χ4v) is 3.76. The van der Waals surface area contributed by atoms with Crippen LogP contribution in [0.25, 0.3) is 0 Å². The zero-order chi connectivity index (χ0) is 19.6. The van der Waals surface area contributed by atoms with Gasteiger partial charge in [-0.25, -0.2) is 0 Å². The van der Waals surface area contributed by atoms with Gasteiger partial charge in [-0.2, -0.15) is 5.10 Å². The van der Waals surface area contributed by atoms with Crippen molar-refractivity contribution in [2.24, 2.45) is 7.05 Å². The van der Waals surface area contributed by atoms with Crippen LogP contribution in [0.5, 0.6) is 0 Å². The number of benzene rings is 1. The number of carbonyl (C=O) groups excluding carboxylic acids is 1. The van der Waals surface area contributed by atoms with E-state index < -0.39 is 0 Å². The molecule has 0 unspecified atom stereocenters. The smallest absolute Gasteiger partial charge is 0.241 e. The molecule has 0 bridgehead atoms. The van der Waals surface area contributed by atoms with Gasteiger partial charge >= 0.3 is 0 Å². The Labute approximate surface area is 166 Å². The van der Waals surface area contributed by atoms with E-state index in [1.54, 1.807) is 4.68 Å². The topological polar surface area (TPSA) is 53.4 Å². The van der Waals surface area contributed by atoms with E-state index in [1.165, 1.54) is 5.56 Å². The highest BCUT2D eigenvalue weighted by molar-refractivity contribution is 6.30. The molecule has 1 fully saturated rings. The van der Waals surface area contributed by atoms with Crippen molar-refractivity contribution in [1.82, 2.24) is 19.6 Å². The van der Waals surface area contributed by atoms with Crippen molar-refractivity contribution in [3.63, 3.8) is 0 Å². The van der Waals surface area contributed by atoms with Crippen LogP contribution >= 0.6 is 11.6 Å². The second-order valence-electron chi connectivity index (χ2n) is 7.28. The maximum atomic E-state index is 12.7. The highest BCUT2D eigenvalue weighted by atomic mass is 35.5. The van der Waals surface area contributed by atoms with Gasteiger partial charge in [-0.05, 0) is 38.5 Å². The molecule has 0 spiro atoms. The summed E-state index contributed by atoms with van der Waals surface area (Å²) in [5, 5.41) is 8.20. The number of hydrogen-bond acceptors (Lipinski definition) is 4. The summed E-state index contributed by atoms with van der Waals surface area (Å²) in [6.07, 6.45) is 0. The number of amides is 1. The van der Waals surface area contributed by atoms with E-state index in [-0.39, 0.29) is 11.9 Å². The number of rotatable bonds is 5. The van der Waals surface area contributed by atoms with Gasteiger partial charge in [0.05, 0.1) is 23.1 Å². The second-order valence-corrected chi connectivity index (χ2v) is 7.71. The normalized spacial score (nSPS) is 17.1. The molecule has 27 heavy (non-hydrogen) atoms. The van der Waals surface area contributed by atoms with Crippen molar-refractivity contribution >= 4 is 23.2 Å². The Morgan fingerprint density at radius 1 is 1.26 bits per heavy atom. The molecule has 6 nitrogen and oxygen atoms in total. The summed E-state index contributed by atoms with van der Waals surface area (Å²) in [6, 6.07) is 7.84. The number of nitrogens with zero attached hydrogens (tertiary/aromatic N) is 4. The molecule has 7 heteroatoms. The van der Waals surface area contributed by atoms with Crippen LogP contribution in [0.3, 0.4) is 0 Å². The van der Waals surface area contributed by atoms with Gasteiger partial charge in [0.25, 0.3) is 0 Å². The summed E-state index contributed by atoms with van der Waals surface area (Å²) >= 11 is 6.08. The van der Waals surface area contributed by atoms with Gasteiger partial charge in [-0.15, -0.1) is 0 Å². The molecule has 0 saturated carbocycles. The lowest BCUT2D eigenvalue weighted by Crippen LogP contribution is -2.52. The van der Waals surface area contributed by atoms with Crippen molar-refractivity contribution in [3.05, 3.63) is 46.2 Å². The molecule has 0 radical (unpaired) electrons. The minimum atomic E-state index is -0.169. The van der Waals surface area contributed by atoms with Crippen molar-refractivity contribution in [2.75, 3.05) is 31.5 Å². The standard InChI is InChI=1S/C20H28ClN5O/c1-14-19(15(2)24(4)23-14)22-20(27)16(3)26-10-8-25(9-11-26)13-17-6-5-7-18(21)12-17/h5-7,12,16H,8-11,13H2,1-4H3,(H,22,27)/t16-/m1/s1. The van der Waals surface area contributed by atoms with E-state index >= 15 is 0 Å². The third-order valence-corrected chi connectivity index (χ3v) is 5.62. The average molecular weight is 390 g/mol. The van der Waals surface area contributed by atoms with Crippen LogP contribution in [0.2, 0.25) is 5.02 Å². The molecular formula is C20H28ClN5O. The Bertz CT molecular complexity index is 811. The third-order valence-electron chi connectivity index (χ3n) is 5.39. The maximum absolute atomic E-state index is 12.7. The Balaban J connectivity index is 1.53. The Kier molecular flexibility index (Phi) is 6.19. The van der Waals surface area contributed by atoms with E-state index in [1.807, 2.05) is 46.0 Å². The third kappa shape index (κ3) is 4.69. The maximum Gasteiger partial charge on any atom is 0.241 e. The van der Waals surface area contributed by atoms with E-state index in [0.29, 0.717) is 0 Å². The van der Waals surface area contributed by atoms with Crippen LogP contribution in [0, 0.1) is 13.8 Å². The number of anilines is 1.